The highest BCUT2D eigenvalue weighted by Crippen LogP contribution is 2.67. The Kier molecular flexibility index (Phi) is 6.39. The Bertz CT molecular complexity index is 585. The van der Waals surface area contributed by atoms with Crippen LogP contribution in [-0.4, -0.2) is 12.5 Å². The fourth-order valence-corrected chi connectivity index (χ4v) is 8.79. The summed E-state index contributed by atoms with van der Waals surface area (Å²) in [5.41, 5.74) is 1.22. The van der Waals surface area contributed by atoms with Crippen molar-refractivity contribution < 1.29 is 4.79 Å². The van der Waals surface area contributed by atoms with Crippen molar-refractivity contribution in [3.63, 3.8) is 0 Å². The van der Waals surface area contributed by atoms with Crippen LogP contribution >= 0.6 is 0 Å². The van der Waals surface area contributed by atoms with Gasteiger partial charge in [0.05, 0.1) is 0 Å². The average Bonchev–Trinajstić information content (AvgIpc) is 3.02. The van der Waals surface area contributed by atoms with Crippen molar-refractivity contribution in [3.8, 4) is 0 Å². The molecule has 0 heterocycles. The van der Waals surface area contributed by atoms with Gasteiger partial charge < -0.3 is 5.32 Å². The van der Waals surface area contributed by atoms with Crippen LogP contribution in [-0.2, 0) is 4.79 Å². The van der Waals surface area contributed by atoms with Gasteiger partial charge in [-0.1, -0.05) is 40.5 Å². The maximum Gasteiger partial charge on any atom is 0.220 e. The van der Waals surface area contributed by atoms with Gasteiger partial charge >= 0.3 is 0 Å². The molecule has 4 aliphatic carbocycles. The van der Waals surface area contributed by atoms with Crippen LogP contribution in [0.2, 0.25) is 0 Å². The maximum absolute atomic E-state index is 12.1. The van der Waals surface area contributed by atoms with Crippen LogP contribution < -0.4 is 5.32 Å². The molecule has 0 aromatic heterocycles. The van der Waals surface area contributed by atoms with E-state index in [0.717, 1.165) is 49.0 Å². The van der Waals surface area contributed by atoms with Crippen molar-refractivity contribution in [2.45, 2.75) is 111 Å². The van der Waals surface area contributed by atoms with Gasteiger partial charge in [0.25, 0.3) is 0 Å². The van der Waals surface area contributed by atoms with Gasteiger partial charge in [-0.3, -0.25) is 4.79 Å². The van der Waals surface area contributed by atoms with Crippen molar-refractivity contribution in [2.24, 2.45) is 46.3 Å². The van der Waals surface area contributed by atoms with Crippen LogP contribution in [0.15, 0.2) is 0 Å². The third-order valence-corrected chi connectivity index (χ3v) is 10.4. The Morgan fingerprint density at radius 3 is 2.52 bits per heavy atom. The molecule has 0 radical (unpaired) electrons. The van der Waals surface area contributed by atoms with Crippen molar-refractivity contribution in [1.29, 1.82) is 0 Å². The van der Waals surface area contributed by atoms with Gasteiger partial charge in [0.1, 0.15) is 0 Å². The third kappa shape index (κ3) is 4.03. The molecule has 0 aromatic rings. The van der Waals surface area contributed by atoms with Crippen molar-refractivity contribution >= 4 is 5.91 Å². The Morgan fingerprint density at radius 2 is 1.72 bits per heavy atom. The van der Waals surface area contributed by atoms with E-state index in [1.54, 1.807) is 0 Å². The summed E-state index contributed by atoms with van der Waals surface area (Å²) in [6.45, 7) is 10.5. The van der Waals surface area contributed by atoms with E-state index in [4.69, 9.17) is 0 Å². The van der Waals surface area contributed by atoms with Gasteiger partial charge in [0.2, 0.25) is 5.91 Å². The highest BCUT2D eigenvalue weighted by atomic mass is 16.1. The van der Waals surface area contributed by atoms with Crippen LogP contribution in [0.1, 0.15) is 111 Å². The average molecular weight is 402 g/mol. The molecule has 0 saturated heterocycles. The zero-order valence-corrected chi connectivity index (χ0v) is 19.8. The lowest BCUT2D eigenvalue weighted by Gasteiger charge is -2.60. The molecule has 4 rings (SSSR count). The van der Waals surface area contributed by atoms with Gasteiger partial charge in [-0.05, 0) is 111 Å². The Balaban J connectivity index is 1.35. The van der Waals surface area contributed by atoms with Gasteiger partial charge in [-0.2, -0.15) is 0 Å². The largest absolute Gasteiger partial charge is 0.356 e. The Morgan fingerprint density at radius 1 is 0.931 bits per heavy atom. The van der Waals surface area contributed by atoms with Crippen molar-refractivity contribution in [1.82, 2.24) is 5.32 Å². The molecular formula is C27H47NO. The molecule has 4 saturated carbocycles. The first-order chi connectivity index (χ1) is 13.8. The van der Waals surface area contributed by atoms with Crippen molar-refractivity contribution in [2.75, 3.05) is 6.54 Å². The number of nitrogens with one attached hydrogen (secondary N) is 1. The van der Waals surface area contributed by atoms with Crippen molar-refractivity contribution in [3.05, 3.63) is 0 Å². The smallest absolute Gasteiger partial charge is 0.220 e. The van der Waals surface area contributed by atoms with E-state index < -0.39 is 0 Å². The molecule has 29 heavy (non-hydrogen) atoms. The summed E-state index contributed by atoms with van der Waals surface area (Å²) >= 11 is 0. The fraction of sp³-hybridized carbons (Fsp3) is 0.963. The topological polar surface area (TPSA) is 29.1 Å². The summed E-state index contributed by atoms with van der Waals surface area (Å²) in [6, 6.07) is 0. The summed E-state index contributed by atoms with van der Waals surface area (Å²) in [4.78, 5) is 12.1. The monoisotopic (exact) mass is 401 g/mol. The lowest BCUT2D eigenvalue weighted by atomic mass is 9.45. The van der Waals surface area contributed by atoms with E-state index >= 15 is 0 Å². The summed E-state index contributed by atoms with van der Waals surface area (Å²) in [5, 5.41) is 3.10. The van der Waals surface area contributed by atoms with Gasteiger partial charge in [-0.15, -0.1) is 0 Å². The van der Waals surface area contributed by atoms with E-state index in [0.29, 0.717) is 16.7 Å². The normalized spacial score (nSPS) is 44.1. The summed E-state index contributed by atoms with van der Waals surface area (Å²) < 4.78 is 0. The quantitative estimate of drug-likeness (QED) is 0.511. The van der Waals surface area contributed by atoms with Gasteiger partial charge in [-0.25, -0.2) is 0 Å². The van der Waals surface area contributed by atoms with Crippen LogP contribution in [0.25, 0.3) is 0 Å². The molecular weight excluding hydrogens is 354 g/mol. The zero-order chi connectivity index (χ0) is 20.6. The van der Waals surface area contributed by atoms with Crippen LogP contribution in [0, 0.1) is 46.3 Å². The molecule has 4 fully saturated rings. The standard InChI is InChI=1S/C27H47NO/c1-19(2)18-28-25(29)10-7-9-21-12-14-23-22-13-11-20-8-5-6-16-26(20,3)24(22)15-17-27(21,23)4/h19-24H,5-18H2,1-4H3,(H,28,29). The first-order valence-corrected chi connectivity index (χ1v) is 13.1. The molecule has 2 heteroatoms. The van der Waals surface area contributed by atoms with E-state index in [-0.39, 0.29) is 5.91 Å². The van der Waals surface area contributed by atoms with E-state index in [1.165, 1.54) is 70.6 Å². The second kappa shape index (κ2) is 8.54. The third-order valence-electron chi connectivity index (χ3n) is 10.4. The highest BCUT2D eigenvalue weighted by molar-refractivity contribution is 5.75. The lowest BCUT2D eigenvalue weighted by Crippen LogP contribution is -2.52. The minimum absolute atomic E-state index is 0.269. The minimum atomic E-state index is 0.269. The van der Waals surface area contributed by atoms with Gasteiger partial charge in [0, 0.05) is 13.0 Å². The SMILES string of the molecule is CC(C)CNC(=O)CCCC1CCC2C3CCC4CCCCC4(C)C3CCC12C. The molecule has 7 atom stereocenters. The summed E-state index contributed by atoms with van der Waals surface area (Å²) in [6.07, 6.45) is 18.0. The minimum Gasteiger partial charge on any atom is -0.356 e. The predicted molar refractivity (Wildman–Crippen MR) is 122 cm³/mol. The highest BCUT2D eigenvalue weighted by Gasteiger charge is 2.59. The molecule has 0 bridgehead atoms. The number of hydrogen-bond donors (Lipinski definition) is 1. The number of rotatable bonds is 6. The molecule has 166 valence electrons. The van der Waals surface area contributed by atoms with E-state index in [1.807, 2.05) is 0 Å². The Hall–Kier alpha value is -0.530. The lowest BCUT2D eigenvalue weighted by molar-refractivity contribution is -0.121. The first-order valence-electron chi connectivity index (χ1n) is 13.1. The maximum atomic E-state index is 12.1. The molecule has 1 N–H and O–H groups in total. The number of amides is 1. The van der Waals surface area contributed by atoms with Gasteiger partial charge in [0.15, 0.2) is 0 Å². The fourth-order valence-electron chi connectivity index (χ4n) is 8.79. The zero-order valence-electron chi connectivity index (χ0n) is 19.8. The summed E-state index contributed by atoms with van der Waals surface area (Å²) in [5.74, 6) is 5.70. The molecule has 0 spiro atoms. The second-order valence-corrected chi connectivity index (χ2v) is 12.3. The summed E-state index contributed by atoms with van der Waals surface area (Å²) in [7, 11) is 0. The molecule has 7 unspecified atom stereocenters. The second-order valence-electron chi connectivity index (χ2n) is 12.3. The predicted octanol–water partition coefficient (Wildman–Crippen LogP) is 6.98. The molecule has 1 amide bonds. The number of hydrogen-bond acceptors (Lipinski definition) is 1. The molecule has 0 aromatic carbocycles. The van der Waals surface area contributed by atoms with Crippen LogP contribution in [0.5, 0.6) is 0 Å². The number of fused-ring (bicyclic) bond motifs is 5. The molecule has 4 aliphatic rings. The van der Waals surface area contributed by atoms with E-state index in [2.05, 4.69) is 33.0 Å². The molecule has 0 aliphatic heterocycles. The first kappa shape index (κ1) is 21.7. The van der Waals surface area contributed by atoms with Crippen LogP contribution in [0.3, 0.4) is 0 Å². The molecule has 2 nitrogen and oxygen atoms in total. The Labute approximate surface area is 180 Å². The van der Waals surface area contributed by atoms with Crippen LogP contribution in [0.4, 0.5) is 0 Å². The van der Waals surface area contributed by atoms with E-state index in [9.17, 15) is 4.79 Å². The number of carbonyl (C=O) groups is 1. The number of carbonyl (C=O) groups excluding carboxylic acids is 1.